The van der Waals surface area contributed by atoms with Crippen LogP contribution in [0.3, 0.4) is 0 Å². The van der Waals surface area contributed by atoms with Crippen LogP contribution in [-0.2, 0) is 21.7 Å². The van der Waals surface area contributed by atoms with Gasteiger partial charge in [-0.15, -0.1) is 0 Å². The van der Waals surface area contributed by atoms with E-state index in [-0.39, 0.29) is 35.5 Å². The molecule has 0 spiro atoms. The minimum absolute atomic E-state index is 0.0608. The summed E-state index contributed by atoms with van der Waals surface area (Å²) in [6.07, 6.45) is 0.0608. The van der Waals surface area contributed by atoms with Crippen LogP contribution in [-0.4, -0.2) is 36.8 Å². The van der Waals surface area contributed by atoms with Crippen LogP contribution in [0.25, 0.3) is 22.3 Å². The highest BCUT2D eigenvalue weighted by atomic mass is 28.3. The van der Waals surface area contributed by atoms with Gasteiger partial charge in [0.2, 0.25) is 0 Å². The zero-order chi connectivity index (χ0) is 25.7. The van der Waals surface area contributed by atoms with Gasteiger partial charge in [0, 0.05) is 16.5 Å². The number of cyclic esters (lactones) is 1. The molecule has 2 aliphatic heterocycles. The third kappa shape index (κ3) is 3.24. The van der Waals surface area contributed by atoms with Crippen molar-refractivity contribution >= 4 is 38.2 Å². The normalized spacial score (nSPS) is 21.5. The highest BCUT2D eigenvalue weighted by Crippen LogP contribution is 2.47. The highest BCUT2D eigenvalue weighted by molar-refractivity contribution is 6.90. The third-order valence-electron chi connectivity index (χ3n) is 7.38. The van der Waals surface area contributed by atoms with Gasteiger partial charge in [0.25, 0.3) is 5.56 Å². The van der Waals surface area contributed by atoms with E-state index in [1.54, 1.807) is 23.6 Å². The lowest BCUT2D eigenvalue weighted by Gasteiger charge is -2.33. The van der Waals surface area contributed by atoms with Gasteiger partial charge in [0.1, 0.15) is 12.4 Å². The lowest BCUT2D eigenvalue weighted by atomic mass is 9.86. The predicted octanol–water partition coefficient (Wildman–Crippen LogP) is 4.18. The zero-order valence-electron chi connectivity index (χ0n) is 21.2. The average molecular weight is 511 g/mol. The fourth-order valence-corrected chi connectivity index (χ4v) is 9.23. The summed E-state index contributed by atoms with van der Waals surface area (Å²) >= 11 is 0. The Balaban J connectivity index is 1.95. The van der Waals surface area contributed by atoms with Gasteiger partial charge >= 0.3 is 5.97 Å². The summed E-state index contributed by atoms with van der Waals surface area (Å²) in [5, 5.41) is 12.7. The maximum absolute atomic E-state index is 16.4. The number of aliphatic hydroxyl groups is 1. The van der Waals surface area contributed by atoms with Gasteiger partial charge in [-0.2, -0.15) is 0 Å². The molecule has 2 aliphatic rings. The Labute approximate surface area is 205 Å². The lowest BCUT2D eigenvalue weighted by Crippen LogP contribution is -2.46. The molecular formula is C26H31FN2O4Si2. The number of nitrogens with zero attached hydrogens (tertiary/aromatic N) is 2. The first-order valence-corrected chi connectivity index (χ1v) is 19.1. The van der Waals surface area contributed by atoms with Crippen molar-refractivity contribution in [3.63, 3.8) is 0 Å². The maximum Gasteiger partial charge on any atom is 0.343 e. The van der Waals surface area contributed by atoms with E-state index >= 15 is 4.39 Å². The van der Waals surface area contributed by atoms with Gasteiger partial charge in [-0.05, 0) is 23.7 Å². The molecule has 5 rings (SSSR count). The Bertz CT molecular complexity index is 1490. The molecule has 4 heterocycles. The van der Waals surface area contributed by atoms with E-state index < -0.39 is 33.4 Å². The van der Waals surface area contributed by atoms with Crippen molar-refractivity contribution in [2.24, 2.45) is 0 Å². The van der Waals surface area contributed by atoms with E-state index in [9.17, 15) is 14.7 Å². The second-order valence-electron chi connectivity index (χ2n) is 11.8. The number of carbonyl (C=O) groups is 1. The van der Waals surface area contributed by atoms with E-state index in [1.807, 2.05) is 12.1 Å². The molecule has 0 amide bonds. The van der Waals surface area contributed by atoms with Crippen LogP contribution >= 0.6 is 0 Å². The molecule has 6 nitrogen and oxygen atoms in total. The molecule has 35 heavy (non-hydrogen) atoms. The topological polar surface area (TPSA) is 81.4 Å². The highest BCUT2D eigenvalue weighted by Gasteiger charge is 2.48. The molecular weight excluding hydrogens is 479 g/mol. The number of hydrogen-bond donors (Lipinski definition) is 1. The molecule has 0 radical (unpaired) electrons. The van der Waals surface area contributed by atoms with Crippen molar-refractivity contribution in [1.29, 1.82) is 0 Å². The fraction of sp³-hybridized carbons (Fsp3) is 0.423. The molecule has 0 fully saturated rings. The van der Waals surface area contributed by atoms with E-state index in [0.29, 0.717) is 27.9 Å². The van der Waals surface area contributed by atoms with Crippen molar-refractivity contribution in [1.82, 2.24) is 9.55 Å². The van der Waals surface area contributed by atoms with Crippen molar-refractivity contribution in [3.8, 4) is 11.4 Å². The van der Waals surface area contributed by atoms with Crippen LogP contribution in [0.5, 0.6) is 0 Å². The summed E-state index contributed by atoms with van der Waals surface area (Å²) in [4.78, 5) is 31.5. The molecule has 9 heteroatoms. The largest absolute Gasteiger partial charge is 0.458 e. The first kappa shape index (κ1) is 24.1. The van der Waals surface area contributed by atoms with Crippen LogP contribution in [0.2, 0.25) is 39.3 Å². The van der Waals surface area contributed by atoms with Crippen molar-refractivity contribution in [2.75, 3.05) is 0 Å². The minimum Gasteiger partial charge on any atom is -0.458 e. The number of aromatic nitrogens is 2. The van der Waals surface area contributed by atoms with E-state index in [4.69, 9.17) is 9.72 Å². The van der Waals surface area contributed by atoms with E-state index in [0.717, 1.165) is 5.19 Å². The predicted molar refractivity (Wildman–Crippen MR) is 140 cm³/mol. The van der Waals surface area contributed by atoms with Gasteiger partial charge in [-0.1, -0.05) is 58.3 Å². The lowest BCUT2D eigenvalue weighted by molar-refractivity contribution is -0.172. The monoisotopic (exact) mass is 510 g/mol. The van der Waals surface area contributed by atoms with Gasteiger partial charge in [-0.3, -0.25) is 4.79 Å². The third-order valence-corrected chi connectivity index (χ3v) is 11.6. The Hall–Kier alpha value is -2.63. The first-order chi connectivity index (χ1) is 16.2. The molecule has 0 saturated heterocycles. The molecule has 3 aromatic rings. The second-order valence-corrected chi connectivity index (χ2v) is 22.1. The number of fused-ring (bicyclic) bond motifs is 5. The molecule has 184 valence electrons. The Morgan fingerprint density at radius 2 is 1.89 bits per heavy atom. The van der Waals surface area contributed by atoms with E-state index in [1.165, 1.54) is 0 Å². The number of para-hydroxylation sites is 1. The number of rotatable bonds is 3. The standard InChI is InChI=1S/C26H31FN2O4Si2/c1-8-26(32)16-12-17-22-19(20(27)14-10-9-11-18(21(14)28-22)34(2,3)4)24(35(5,6)7)29(17)23(30)15(16)13-33-25(26)31/h9-12,24,32H,8,13H2,1-7H3/t24-,26-/m0/s1. The Morgan fingerprint density at radius 3 is 2.49 bits per heavy atom. The van der Waals surface area contributed by atoms with Gasteiger partial charge < -0.3 is 14.4 Å². The molecule has 0 saturated carbocycles. The summed E-state index contributed by atoms with van der Waals surface area (Å²) in [5.74, 6) is -1.10. The number of benzene rings is 1. The SMILES string of the molecule is CC[C@@]1(O)C(=O)OCc2c1cc1n(c2=O)[C@@H]([Si](C)(C)C)c2c-1nc1c([Si](C)(C)C)cccc1c2F. The second kappa shape index (κ2) is 7.44. The molecule has 0 bridgehead atoms. The summed E-state index contributed by atoms with van der Waals surface area (Å²) in [5.41, 5.74) is -0.275. The number of hydrogen-bond acceptors (Lipinski definition) is 5. The summed E-state index contributed by atoms with van der Waals surface area (Å²) in [6, 6.07) is 7.34. The molecule has 1 N–H and O–H groups in total. The first-order valence-electron chi connectivity index (χ1n) is 12.0. The van der Waals surface area contributed by atoms with Crippen LogP contribution in [0, 0.1) is 5.82 Å². The number of ether oxygens (including phenoxy) is 1. The zero-order valence-corrected chi connectivity index (χ0v) is 23.2. The van der Waals surface area contributed by atoms with Crippen LogP contribution in [0.15, 0.2) is 29.1 Å². The van der Waals surface area contributed by atoms with Crippen molar-refractivity contribution in [3.05, 3.63) is 57.1 Å². The van der Waals surface area contributed by atoms with E-state index in [2.05, 4.69) is 39.3 Å². The van der Waals surface area contributed by atoms with Gasteiger partial charge in [0.05, 0.1) is 44.3 Å². The molecule has 1 aromatic carbocycles. The average Bonchev–Trinajstić information content (AvgIpc) is 3.11. The Morgan fingerprint density at radius 1 is 1.20 bits per heavy atom. The number of carbonyl (C=O) groups excluding carboxylic acids is 1. The fourth-order valence-electron chi connectivity index (χ4n) is 5.57. The smallest absolute Gasteiger partial charge is 0.343 e. The number of esters is 1. The Kier molecular flexibility index (Phi) is 5.12. The molecule has 0 unspecified atom stereocenters. The summed E-state index contributed by atoms with van der Waals surface area (Å²) in [6.45, 7) is 14.4. The van der Waals surface area contributed by atoms with Crippen molar-refractivity contribution in [2.45, 2.75) is 70.5 Å². The minimum atomic E-state index is -2.21. The summed E-state index contributed by atoms with van der Waals surface area (Å²) in [7, 11) is -4.07. The van der Waals surface area contributed by atoms with Crippen LogP contribution in [0.1, 0.15) is 35.7 Å². The van der Waals surface area contributed by atoms with Crippen LogP contribution < -0.4 is 10.7 Å². The van der Waals surface area contributed by atoms with Gasteiger partial charge in [0.15, 0.2) is 5.60 Å². The quantitative estimate of drug-likeness (QED) is 0.422. The molecule has 2 aromatic heterocycles. The van der Waals surface area contributed by atoms with Crippen molar-refractivity contribution < 1.29 is 19.0 Å². The molecule has 2 atom stereocenters. The number of halogens is 1. The molecule has 0 aliphatic carbocycles. The summed E-state index contributed by atoms with van der Waals surface area (Å²) < 4.78 is 23.3. The number of pyridine rings is 2. The maximum atomic E-state index is 16.4. The van der Waals surface area contributed by atoms with Gasteiger partial charge in [-0.25, -0.2) is 14.2 Å². The van der Waals surface area contributed by atoms with Crippen LogP contribution in [0.4, 0.5) is 4.39 Å².